The van der Waals surface area contributed by atoms with Crippen molar-refractivity contribution in [1.29, 1.82) is 0 Å². The van der Waals surface area contributed by atoms with Gasteiger partial charge in [-0.05, 0) is 48.9 Å². The Hall–Kier alpha value is -3.22. The number of halogens is 1. The van der Waals surface area contributed by atoms with E-state index in [1.807, 2.05) is 23.9 Å². The summed E-state index contributed by atoms with van der Waals surface area (Å²) in [6.07, 6.45) is 4.58. The molecule has 1 aliphatic rings. The molecule has 1 N–H and O–H groups in total. The van der Waals surface area contributed by atoms with Crippen molar-refractivity contribution in [3.63, 3.8) is 0 Å². The van der Waals surface area contributed by atoms with Crippen molar-refractivity contribution >= 4 is 46.1 Å². The topological polar surface area (TPSA) is 57.8 Å². The van der Waals surface area contributed by atoms with Gasteiger partial charge in [-0.2, -0.15) is 0 Å². The normalized spacial score (nSPS) is 14.2. The van der Waals surface area contributed by atoms with Crippen molar-refractivity contribution in [2.24, 2.45) is 4.99 Å². The van der Waals surface area contributed by atoms with E-state index < -0.39 is 5.97 Å². The predicted molar refractivity (Wildman–Crippen MR) is 147 cm³/mol. The first-order chi connectivity index (χ1) is 17.0. The maximum Gasteiger partial charge on any atom is 0.335 e. The second-order valence-corrected chi connectivity index (χ2v) is 9.77. The fraction of sp³-hybridized carbons (Fsp3) is 0.214. The van der Waals surface area contributed by atoms with E-state index in [1.165, 1.54) is 28.1 Å². The Labute approximate surface area is 215 Å². The number of aromatic nitrogens is 1. The van der Waals surface area contributed by atoms with Gasteiger partial charge in [0.1, 0.15) is 0 Å². The summed E-state index contributed by atoms with van der Waals surface area (Å²) in [6.45, 7) is 2.01. The number of carboxylic acid groups (broad SMARTS) is 1. The Morgan fingerprint density at radius 2 is 1.74 bits per heavy atom. The molecular weight excluding hydrogens is 478 g/mol. The van der Waals surface area contributed by atoms with Crippen LogP contribution >= 0.6 is 23.4 Å². The van der Waals surface area contributed by atoms with Gasteiger partial charge < -0.3 is 14.6 Å². The molecule has 4 aromatic rings. The molecular formula is C28H28ClN3O2S. The summed E-state index contributed by atoms with van der Waals surface area (Å²) in [5, 5.41) is 10.4. The highest BCUT2D eigenvalue weighted by atomic mass is 35.5. The van der Waals surface area contributed by atoms with Gasteiger partial charge in [-0.3, -0.25) is 4.99 Å². The van der Waals surface area contributed by atoms with Crippen LogP contribution in [0.25, 0.3) is 16.6 Å². The molecule has 0 aliphatic carbocycles. The van der Waals surface area contributed by atoms with E-state index in [4.69, 9.17) is 21.7 Å². The number of fused-ring (bicyclic) bond motifs is 1. The first-order valence-corrected chi connectivity index (χ1v) is 12.9. The molecule has 7 heteroatoms. The molecule has 3 aromatic carbocycles. The Morgan fingerprint density at radius 1 is 1.03 bits per heavy atom. The monoisotopic (exact) mass is 505 g/mol. The fourth-order valence-electron chi connectivity index (χ4n) is 3.98. The first kappa shape index (κ1) is 24.9. The van der Waals surface area contributed by atoms with Gasteiger partial charge in [-0.25, -0.2) is 4.79 Å². The molecule has 0 atom stereocenters. The van der Waals surface area contributed by atoms with Crippen molar-refractivity contribution in [3.8, 4) is 5.69 Å². The highest BCUT2D eigenvalue weighted by molar-refractivity contribution is 7.99. The van der Waals surface area contributed by atoms with Gasteiger partial charge in [-0.15, -0.1) is 11.8 Å². The molecule has 0 saturated carbocycles. The summed E-state index contributed by atoms with van der Waals surface area (Å²) in [7, 11) is 2.14. The largest absolute Gasteiger partial charge is 0.478 e. The Bertz CT molecular complexity index is 1300. The van der Waals surface area contributed by atoms with Crippen molar-refractivity contribution in [1.82, 2.24) is 9.47 Å². The number of hydrogen-bond acceptors (Lipinski definition) is 3. The number of rotatable bonds is 6. The quantitative estimate of drug-likeness (QED) is 0.229. The highest BCUT2D eigenvalue weighted by Crippen LogP contribution is 2.32. The molecule has 35 heavy (non-hydrogen) atoms. The minimum absolute atomic E-state index is 0.331. The summed E-state index contributed by atoms with van der Waals surface area (Å²) in [5.41, 5.74) is 2.68. The van der Waals surface area contributed by atoms with Gasteiger partial charge in [0.05, 0.1) is 23.5 Å². The molecule has 0 radical (unpaired) electrons. The zero-order valence-electron chi connectivity index (χ0n) is 19.6. The van der Waals surface area contributed by atoms with E-state index in [2.05, 4.69) is 59.1 Å². The van der Waals surface area contributed by atoms with Crippen molar-refractivity contribution in [2.45, 2.75) is 17.7 Å². The lowest BCUT2D eigenvalue weighted by molar-refractivity contribution is 0.0697. The average molecular weight is 506 g/mol. The lowest BCUT2D eigenvalue weighted by atomic mass is 10.2. The lowest BCUT2D eigenvalue weighted by Gasteiger charge is -2.10. The first-order valence-electron chi connectivity index (χ1n) is 11.5. The zero-order valence-corrected chi connectivity index (χ0v) is 21.2. The van der Waals surface area contributed by atoms with Gasteiger partial charge in [0.15, 0.2) is 0 Å². The molecule has 0 amide bonds. The molecule has 1 aliphatic heterocycles. The molecule has 0 unspecified atom stereocenters. The number of carbonyl (C=O) groups is 1. The van der Waals surface area contributed by atoms with Gasteiger partial charge in [0, 0.05) is 53.0 Å². The second kappa shape index (κ2) is 12.0. The van der Waals surface area contributed by atoms with Crippen molar-refractivity contribution in [2.75, 3.05) is 25.9 Å². The summed E-state index contributed by atoms with van der Waals surface area (Å²) in [4.78, 5) is 18.6. The number of likely N-dealkylation sites (tertiary alicyclic amines) is 1. The summed E-state index contributed by atoms with van der Waals surface area (Å²) < 4.78 is 2.24. The maximum atomic E-state index is 10.2. The van der Waals surface area contributed by atoms with Gasteiger partial charge in [0.25, 0.3) is 0 Å². The van der Waals surface area contributed by atoms with Gasteiger partial charge >= 0.3 is 5.97 Å². The lowest BCUT2D eigenvalue weighted by Crippen LogP contribution is -2.19. The maximum absolute atomic E-state index is 10.2. The van der Waals surface area contributed by atoms with Crippen LogP contribution in [-0.4, -0.2) is 52.3 Å². The molecule has 0 spiro atoms. The Balaban J connectivity index is 0.000000271. The predicted octanol–water partition coefficient (Wildman–Crippen LogP) is 6.88. The van der Waals surface area contributed by atoms with Crippen LogP contribution in [0.2, 0.25) is 5.02 Å². The molecule has 5 rings (SSSR count). The van der Waals surface area contributed by atoms with E-state index in [9.17, 15) is 4.79 Å². The van der Waals surface area contributed by atoms with E-state index in [0.29, 0.717) is 5.56 Å². The Kier molecular flexibility index (Phi) is 8.50. The number of para-hydroxylation sites is 1. The molecule has 1 saturated heterocycles. The van der Waals surface area contributed by atoms with Crippen molar-refractivity contribution < 1.29 is 9.90 Å². The molecule has 1 fully saturated rings. The summed E-state index contributed by atoms with van der Waals surface area (Å²) in [6, 6.07) is 24.8. The minimum Gasteiger partial charge on any atom is -0.478 e. The number of aliphatic imine (C=N–C) groups is 1. The number of amidine groups is 1. The molecule has 0 bridgehead atoms. The van der Waals surface area contributed by atoms with E-state index in [1.54, 1.807) is 30.3 Å². The molecule has 5 nitrogen and oxygen atoms in total. The van der Waals surface area contributed by atoms with Crippen LogP contribution in [0.1, 0.15) is 23.2 Å². The molecule has 180 valence electrons. The van der Waals surface area contributed by atoms with E-state index in [0.717, 1.165) is 36.0 Å². The third kappa shape index (κ3) is 6.47. The summed E-state index contributed by atoms with van der Waals surface area (Å²) in [5.74, 6) is 1.37. The van der Waals surface area contributed by atoms with Crippen LogP contribution in [0, 0.1) is 0 Å². The number of carboxylic acids is 1. The minimum atomic E-state index is -0.879. The third-order valence-corrected chi connectivity index (χ3v) is 7.05. The number of aromatic carboxylic acids is 1. The fourth-order valence-corrected chi connectivity index (χ4v) is 5.02. The van der Waals surface area contributed by atoms with Crippen LogP contribution in [0.3, 0.4) is 0 Å². The van der Waals surface area contributed by atoms with Crippen LogP contribution in [0.4, 0.5) is 0 Å². The Morgan fingerprint density at radius 3 is 2.40 bits per heavy atom. The third-order valence-electron chi connectivity index (χ3n) is 5.78. The summed E-state index contributed by atoms with van der Waals surface area (Å²) >= 11 is 7.92. The standard InChI is InChI=1S/C21H22ClN3S.C7H6O2/c1-24-13-4-7-21(24)23-12-14-26-20-15-25(17-10-8-16(22)9-11-17)19-6-3-2-5-18(19)20;8-7(9)6-4-2-1-3-5-6/h2-3,5-6,8-11,15H,4,7,12-14H2,1H3;1-5H,(H,8,9). The van der Waals surface area contributed by atoms with Gasteiger partial charge in [-0.1, -0.05) is 48.0 Å². The van der Waals surface area contributed by atoms with Gasteiger partial charge in [0.2, 0.25) is 0 Å². The van der Waals surface area contributed by atoms with Crippen LogP contribution in [0.5, 0.6) is 0 Å². The smallest absolute Gasteiger partial charge is 0.335 e. The highest BCUT2D eigenvalue weighted by Gasteiger charge is 2.13. The second-order valence-electron chi connectivity index (χ2n) is 8.20. The van der Waals surface area contributed by atoms with Crippen LogP contribution < -0.4 is 0 Å². The van der Waals surface area contributed by atoms with Crippen LogP contribution in [0.15, 0.2) is 94.9 Å². The molecule has 1 aromatic heterocycles. The van der Waals surface area contributed by atoms with Crippen LogP contribution in [-0.2, 0) is 0 Å². The number of benzene rings is 3. The number of thioether (sulfide) groups is 1. The molecule has 2 heterocycles. The zero-order chi connectivity index (χ0) is 24.6. The SMILES string of the molecule is CN1CCCC1=NCCSc1cn(-c2ccc(Cl)cc2)c2ccccc12.O=C(O)c1ccccc1. The van der Waals surface area contributed by atoms with E-state index >= 15 is 0 Å². The number of hydrogen-bond donors (Lipinski definition) is 1. The van der Waals surface area contributed by atoms with E-state index in [-0.39, 0.29) is 0 Å². The van der Waals surface area contributed by atoms with Crippen molar-refractivity contribution in [3.05, 3.63) is 95.6 Å². The average Bonchev–Trinajstić information content (AvgIpc) is 3.46. The number of nitrogens with zero attached hydrogens (tertiary/aromatic N) is 3.